The fourth-order valence-corrected chi connectivity index (χ4v) is 2.99. The standard InChI is InChI=1S/C19H24N4O/c20-17-8-4-3-7-16(17)19(24)22-14-15-9-10-18(21-13-15)23-11-5-1-2-6-12-23/h3-4,7-10,13H,1-2,5-6,11-12,14,20H2,(H,22,24). The van der Waals surface area contributed by atoms with Crippen LogP contribution >= 0.6 is 0 Å². The van der Waals surface area contributed by atoms with Gasteiger partial charge in [-0.25, -0.2) is 4.98 Å². The van der Waals surface area contributed by atoms with Gasteiger partial charge in [0.05, 0.1) is 5.56 Å². The summed E-state index contributed by atoms with van der Waals surface area (Å²) in [6.07, 6.45) is 6.93. The van der Waals surface area contributed by atoms with E-state index in [1.807, 2.05) is 30.5 Å². The molecule has 5 nitrogen and oxygen atoms in total. The lowest BCUT2D eigenvalue weighted by Gasteiger charge is -2.21. The second kappa shape index (κ2) is 7.81. The van der Waals surface area contributed by atoms with E-state index >= 15 is 0 Å². The van der Waals surface area contributed by atoms with Crippen LogP contribution in [-0.2, 0) is 6.54 Å². The SMILES string of the molecule is Nc1ccccc1C(=O)NCc1ccc(N2CCCCCC2)nc1. The van der Waals surface area contributed by atoms with Gasteiger partial charge in [-0.3, -0.25) is 4.79 Å². The van der Waals surface area contributed by atoms with E-state index in [1.165, 1.54) is 25.7 Å². The summed E-state index contributed by atoms with van der Waals surface area (Å²) < 4.78 is 0. The zero-order valence-corrected chi connectivity index (χ0v) is 13.9. The first-order valence-corrected chi connectivity index (χ1v) is 8.56. The number of aromatic nitrogens is 1. The lowest BCUT2D eigenvalue weighted by atomic mass is 10.1. The van der Waals surface area contributed by atoms with Crippen LogP contribution in [0.2, 0.25) is 0 Å². The zero-order chi connectivity index (χ0) is 16.8. The molecule has 24 heavy (non-hydrogen) atoms. The number of nitrogens with one attached hydrogen (secondary N) is 1. The highest BCUT2D eigenvalue weighted by atomic mass is 16.1. The Morgan fingerprint density at radius 3 is 2.50 bits per heavy atom. The molecule has 2 heterocycles. The fourth-order valence-electron chi connectivity index (χ4n) is 2.99. The van der Waals surface area contributed by atoms with Gasteiger partial charge in [-0.1, -0.05) is 31.0 Å². The number of hydrogen-bond acceptors (Lipinski definition) is 4. The van der Waals surface area contributed by atoms with Crippen LogP contribution in [0.15, 0.2) is 42.6 Å². The van der Waals surface area contributed by atoms with Gasteiger partial charge < -0.3 is 16.0 Å². The van der Waals surface area contributed by atoms with Crippen molar-refractivity contribution in [2.45, 2.75) is 32.2 Å². The summed E-state index contributed by atoms with van der Waals surface area (Å²) in [5, 5.41) is 2.89. The second-order valence-corrected chi connectivity index (χ2v) is 6.20. The fraction of sp³-hybridized carbons (Fsp3) is 0.368. The number of pyridine rings is 1. The number of carbonyl (C=O) groups excluding carboxylic acids is 1. The average Bonchev–Trinajstić information content (AvgIpc) is 2.90. The summed E-state index contributed by atoms with van der Waals surface area (Å²) in [6, 6.07) is 11.2. The molecule has 0 radical (unpaired) electrons. The van der Waals surface area contributed by atoms with Gasteiger partial charge in [0, 0.05) is 31.5 Å². The number of anilines is 2. The third-order valence-electron chi connectivity index (χ3n) is 4.40. The quantitative estimate of drug-likeness (QED) is 0.848. The second-order valence-electron chi connectivity index (χ2n) is 6.20. The van der Waals surface area contributed by atoms with Gasteiger partial charge in [0.15, 0.2) is 0 Å². The maximum absolute atomic E-state index is 12.2. The number of benzene rings is 1. The molecule has 2 aromatic rings. The smallest absolute Gasteiger partial charge is 0.253 e. The number of nitrogens with zero attached hydrogens (tertiary/aromatic N) is 2. The molecule has 0 bridgehead atoms. The Bertz CT molecular complexity index is 676. The van der Waals surface area contributed by atoms with E-state index in [4.69, 9.17) is 5.73 Å². The molecule has 3 N–H and O–H groups in total. The first-order chi connectivity index (χ1) is 11.7. The first kappa shape index (κ1) is 16.3. The Balaban J connectivity index is 1.58. The molecule has 5 heteroatoms. The highest BCUT2D eigenvalue weighted by Crippen LogP contribution is 2.17. The van der Waals surface area contributed by atoms with E-state index in [1.54, 1.807) is 12.1 Å². The van der Waals surface area contributed by atoms with Gasteiger partial charge in [0.2, 0.25) is 0 Å². The number of amides is 1. The van der Waals surface area contributed by atoms with Crippen molar-refractivity contribution in [1.29, 1.82) is 0 Å². The van der Waals surface area contributed by atoms with Crippen molar-refractivity contribution in [3.63, 3.8) is 0 Å². The number of nitrogen functional groups attached to an aromatic ring is 1. The number of carbonyl (C=O) groups is 1. The van der Waals surface area contributed by atoms with Crippen molar-refractivity contribution in [2.75, 3.05) is 23.7 Å². The molecule has 1 saturated heterocycles. The number of hydrogen-bond donors (Lipinski definition) is 2. The molecule has 1 aromatic carbocycles. The van der Waals surface area contributed by atoms with Crippen LogP contribution < -0.4 is 16.0 Å². The molecule has 0 saturated carbocycles. The van der Waals surface area contributed by atoms with Gasteiger partial charge in [-0.15, -0.1) is 0 Å². The minimum absolute atomic E-state index is 0.162. The molecule has 0 spiro atoms. The van der Waals surface area contributed by atoms with Crippen LogP contribution in [-0.4, -0.2) is 24.0 Å². The molecule has 1 aliphatic rings. The molecule has 0 unspecified atom stereocenters. The predicted octanol–water partition coefficient (Wildman–Crippen LogP) is 2.97. The molecule has 1 aromatic heterocycles. The third-order valence-corrected chi connectivity index (χ3v) is 4.40. The van der Waals surface area contributed by atoms with Crippen molar-refractivity contribution in [3.8, 4) is 0 Å². The Hall–Kier alpha value is -2.56. The maximum Gasteiger partial charge on any atom is 0.253 e. The number of nitrogens with two attached hydrogens (primary N) is 1. The molecule has 1 aliphatic heterocycles. The summed E-state index contributed by atoms with van der Waals surface area (Å²) in [5.74, 6) is 0.865. The van der Waals surface area contributed by atoms with Crippen LogP contribution in [0.25, 0.3) is 0 Å². The van der Waals surface area contributed by atoms with Crippen molar-refractivity contribution < 1.29 is 4.79 Å². The zero-order valence-electron chi connectivity index (χ0n) is 13.9. The van der Waals surface area contributed by atoms with E-state index in [0.717, 1.165) is 24.5 Å². The first-order valence-electron chi connectivity index (χ1n) is 8.56. The molecule has 126 valence electrons. The average molecular weight is 324 g/mol. The largest absolute Gasteiger partial charge is 0.398 e. The third kappa shape index (κ3) is 4.04. The Labute approximate surface area is 142 Å². The Morgan fingerprint density at radius 1 is 1.08 bits per heavy atom. The van der Waals surface area contributed by atoms with Gasteiger partial charge in [0.1, 0.15) is 5.82 Å². The molecule has 1 amide bonds. The van der Waals surface area contributed by atoms with E-state index < -0.39 is 0 Å². The topological polar surface area (TPSA) is 71.2 Å². The minimum Gasteiger partial charge on any atom is -0.398 e. The molecule has 0 atom stereocenters. The Kier molecular flexibility index (Phi) is 5.31. The van der Waals surface area contributed by atoms with E-state index in [-0.39, 0.29) is 5.91 Å². The Morgan fingerprint density at radius 2 is 1.83 bits per heavy atom. The summed E-state index contributed by atoms with van der Waals surface area (Å²) in [4.78, 5) is 19.1. The highest BCUT2D eigenvalue weighted by Gasteiger charge is 2.11. The van der Waals surface area contributed by atoms with E-state index in [2.05, 4.69) is 15.2 Å². The minimum atomic E-state index is -0.162. The summed E-state index contributed by atoms with van der Waals surface area (Å²) >= 11 is 0. The van der Waals surface area contributed by atoms with Gasteiger partial charge in [0.25, 0.3) is 5.91 Å². The lowest BCUT2D eigenvalue weighted by molar-refractivity contribution is 0.0952. The summed E-state index contributed by atoms with van der Waals surface area (Å²) in [7, 11) is 0. The summed E-state index contributed by atoms with van der Waals surface area (Å²) in [5.41, 5.74) is 7.81. The number of rotatable bonds is 4. The predicted molar refractivity (Wildman–Crippen MR) is 96.9 cm³/mol. The molecule has 3 rings (SSSR count). The molecular weight excluding hydrogens is 300 g/mol. The van der Waals surface area contributed by atoms with Crippen LogP contribution in [0.4, 0.5) is 11.5 Å². The monoisotopic (exact) mass is 324 g/mol. The van der Waals surface area contributed by atoms with Crippen LogP contribution in [0.3, 0.4) is 0 Å². The van der Waals surface area contributed by atoms with E-state index in [9.17, 15) is 4.79 Å². The van der Waals surface area contributed by atoms with Gasteiger partial charge >= 0.3 is 0 Å². The van der Waals surface area contributed by atoms with Crippen LogP contribution in [0, 0.1) is 0 Å². The van der Waals surface area contributed by atoms with Crippen molar-refractivity contribution >= 4 is 17.4 Å². The summed E-state index contributed by atoms with van der Waals surface area (Å²) in [6.45, 7) is 2.60. The van der Waals surface area contributed by atoms with Crippen molar-refractivity contribution in [2.24, 2.45) is 0 Å². The van der Waals surface area contributed by atoms with Crippen molar-refractivity contribution in [3.05, 3.63) is 53.7 Å². The van der Waals surface area contributed by atoms with Crippen molar-refractivity contribution in [1.82, 2.24) is 10.3 Å². The highest BCUT2D eigenvalue weighted by molar-refractivity contribution is 5.98. The van der Waals surface area contributed by atoms with E-state index in [0.29, 0.717) is 17.8 Å². The molecule has 0 aliphatic carbocycles. The molecular formula is C19H24N4O. The lowest BCUT2D eigenvalue weighted by Crippen LogP contribution is -2.25. The number of para-hydroxylation sites is 1. The van der Waals surface area contributed by atoms with Gasteiger partial charge in [-0.2, -0.15) is 0 Å². The normalized spacial score (nSPS) is 14.9. The maximum atomic E-state index is 12.2. The molecule has 1 fully saturated rings. The van der Waals surface area contributed by atoms with Crippen LogP contribution in [0.1, 0.15) is 41.6 Å². The van der Waals surface area contributed by atoms with Gasteiger partial charge in [-0.05, 0) is 36.6 Å². The van der Waals surface area contributed by atoms with Crippen LogP contribution in [0.5, 0.6) is 0 Å².